The number of carbonyl (C=O) groups is 1. The molecule has 7 heteroatoms. The topological polar surface area (TPSA) is 54.0 Å². The van der Waals surface area contributed by atoms with Crippen LogP contribution in [0.1, 0.15) is 0 Å². The van der Waals surface area contributed by atoms with E-state index < -0.39 is 0 Å². The number of fused-ring (bicyclic) bond motifs is 1. The molecule has 130 valence electrons. The normalized spacial score (nSPS) is 16.0. The van der Waals surface area contributed by atoms with E-state index in [-0.39, 0.29) is 18.6 Å². The SMILES string of the molecule is O=C(Nc1ccc(F)cc1)N1CCN(c2ccc3c(c2)OCO3)CC1. The number of urea groups is 1. The van der Waals surface area contributed by atoms with Crippen LogP contribution >= 0.6 is 0 Å². The van der Waals surface area contributed by atoms with Crippen molar-refractivity contribution in [2.24, 2.45) is 0 Å². The first kappa shape index (κ1) is 15.6. The maximum atomic E-state index is 12.9. The smallest absolute Gasteiger partial charge is 0.321 e. The fraction of sp³-hybridized carbons (Fsp3) is 0.278. The summed E-state index contributed by atoms with van der Waals surface area (Å²) in [7, 11) is 0. The fourth-order valence-electron chi connectivity index (χ4n) is 2.99. The van der Waals surface area contributed by atoms with E-state index in [1.54, 1.807) is 17.0 Å². The minimum atomic E-state index is -0.324. The summed E-state index contributed by atoms with van der Waals surface area (Å²) in [6, 6.07) is 11.5. The maximum Gasteiger partial charge on any atom is 0.321 e. The van der Waals surface area contributed by atoms with E-state index in [4.69, 9.17) is 9.47 Å². The Labute approximate surface area is 144 Å². The number of rotatable bonds is 2. The number of carbonyl (C=O) groups excluding carboxylic acids is 1. The molecule has 0 aromatic heterocycles. The van der Waals surface area contributed by atoms with Crippen LogP contribution in [0, 0.1) is 5.82 Å². The molecule has 4 rings (SSSR count). The highest BCUT2D eigenvalue weighted by Crippen LogP contribution is 2.35. The lowest BCUT2D eigenvalue weighted by Gasteiger charge is -2.36. The molecule has 2 aliphatic heterocycles. The van der Waals surface area contributed by atoms with Crippen molar-refractivity contribution >= 4 is 17.4 Å². The van der Waals surface area contributed by atoms with Gasteiger partial charge in [-0.3, -0.25) is 0 Å². The molecule has 0 radical (unpaired) electrons. The molecule has 1 N–H and O–H groups in total. The van der Waals surface area contributed by atoms with E-state index in [1.165, 1.54) is 12.1 Å². The predicted octanol–water partition coefficient (Wildman–Crippen LogP) is 2.91. The van der Waals surface area contributed by atoms with Gasteiger partial charge in [0.15, 0.2) is 11.5 Å². The Morgan fingerprint density at radius 1 is 0.960 bits per heavy atom. The Balaban J connectivity index is 1.34. The summed E-state index contributed by atoms with van der Waals surface area (Å²) < 4.78 is 23.7. The number of halogens is 1. The van der Waals surface area contributed by atoms with Crippen LogP contribution in [0.3, 0.4) is 0 Å². The van der Waals surface area contributed by atoms with Crippen molar-refractivity contribution in [2.45, 2.75) is 0 Å². The highest BCUT2D eigenvalue weighted by molar-refractivity contribution is 5.89. The van der Waals surface area contributed by atoms with Gasteiger partial charge < -0.3 is 24.6 Å². The number of hydrogen-bond acceptors (Lipinski definition) is 4. The molecule has 1 saturated heterocycles. The lowest BCUT2D eigenvalue weighted by atomic mass is 10.2. The van der Waals surface area contributed by atoms with Gasteiger partial charge in [0.2, 0.25) is 6.79 Å². The van der Waals surface area contributed by atoms with Crippen molar-refractivity contribution in [1.29, 1.82) is 0 Å². The standard InChI is InChI=1S/C18H18FN3O3/c19-13-1-3-14(4-2-13)20-18(23)22-9-7-21(8-10-22)15-5-6-16-17(11-15)25-12-24-16/h1-6,11H,7-10,12H2,(H,20,23). The second-order valence-corrected chi connectivity index (χ2v) is 5.95. The molecule has 0 unspecified atom stereocenters. The summed E-state index contributed by atoms with van der Waals surface area (Å²) in [6.07, 6.45) is 0. The van der Waals surface area contributed by atoms with E-state index in [0.29, 0.717) is 18.8 Å². The van der Waals surface area contributed by atoms with Crippen LogP contribution in [-0.2, 0) is 0 Å². The third-order valence-electron chi connectivity index (χ3n) is 4.38. The first-order valence-corrected chi connectivity index (χ1v) is 8.15. The minimum Gasteiger partial charge on any atom is -0.454 e. The van der Waals surface area contributed by atoms with Crippen molar-refractivity contribution in [3.63, 3.8) is 0 Å². The van der Waals surface area contributed by atoms with Gasteiger partial charge in [0.25, 0.3) is 0 Å². The summed E-state index contributed by atoms with van der Waals surface area (Å²) in [5.74, 6) is 1.20. The highest BCUT2D eigenvalue weighted by Gasteiger charge is 2.23. The molecule has 25 heavy (non-hydrogen) atoms. The number of hydrogen-bond donors (Lipinski definition) is 1. The highest BCUT2D eigenvalue weighted by atomic mass is 19.1. The third kappa shape index (κ3) is 3.31. The van der Waals surface area contributed by atoms with E-state index in [0.717, 1.165) is 30.3 Å². The monoisotopic (exact) mass is 343 g/mol. The molecule has 0 bridgehead atoms. The van der Waals surface area contributed by atoms with Gasteiger partial charge in [-0.15, -0.1) is 0 Å². The average molecular weight is 343 g/mol. The molecule has 2 heterocycles. The second kappa shape index (κ2) is 6.51. The van der Waals surface area contributed by atoms with Crippen LogP contribution < -0.4 is 19.7 Å². The lowest BCUT2D eigenvalue weighted by Crippen LogP contribution is -2.50. The molecule has 0 saturated carbocycles. The average Bonchev–Trinajstić information content (AvgIpc) is 3.11. The molecule has 1 fully saturated rings. The van der Waals surface area contributed by atoms with Crippen molar-refractivity contribution in [1.82, 2.24) is 4.90 Å². The Morgan fingerprint density at radius 2 is 1.68 bits per heavy atom. The summed E-state index contributed by atoms with van der Waals surface area (Å²) in [6.45, 7) is 2.95. The second-order valence-electron chi connectivity index (χ2n) is 5.95. The van der Waals surface area contributed by atoms with Crippen LogP contribution in [0.2, 0.25) is 0 Å². The van der Waals surface area contributed by atoms with E-state index >= 15 is 0 Å². The van der Waals surface area contributed by atoms with Gasteiger partial charge in [-0.1, -0.05) is 0 Å². The van der Waals surface area contributed by atoms with Crippen molar-refractivity contribution in [2.75, 3.05) is 43.2 Å². The van der Waals surface area contributed by atoms with Crippen molar-refractivity contribution in [3.8, 4) is 11.5 Å². The predicted molar refractivity (Wildman–Crippen MR) is 91.8 cm³/mol. The van der Waals surface area contributed by atoms with Crippen molar-refractivity contribution < 1.29 is 18.7 Å². The Bertz CT molecular complexity index is 774. The number of ether oxygens (including phenoxy) is 2. The molecular weight excluding hydrogens is 325 g/mol. The number of benzene rings is 2. The fourth-order valence-corrected chi connectivity index (χ4v) is 2.99. The molecule has 0 atom stereocenters. The van der Waals surface area contributed by atoms with Crippen LogP contribution in [0.25, 0.3) is 0 Å². The van der Waals surface area contributed by atoms with Crippen LogP contribution in [0.5, 0.6) is 11.5 Å². The quantitative estimate of drug-likeness (QED) is 0.911. The van der Waals surface area contributed by atoms with Gasteiger partial charge in [-0.05, 0) is 36.4 Å². The first-order chi connectivity index (χ1) is 12.2. The molecule has 2 aromatic rings. The summed E-state index contributed by atoms with van der Waals surface area (Å²) in [5, 5.41) is 2.79. The molecular formula is C18H18FN3O3. The molecule has 2 aromatic carbocycles. The Kier molecular flexibility index (Phi) is 4.05. The van der Waals surface area contributed by atoms with Gasteiger partial charge in [0, 0.05) is 43.6 Å². The Hall–Kier alpha value is -2.96. The largest absolute Gasteiger partial charge is 0.454 e. The number of anilines is 2. The zero-order valence-electron chi connectivity index (χ0n) is 13.6. The summed E-state index contributed by atoms with van der Waals surface area (Å²) in [4.78, 5) is 16.3. The van der Waals surface area contributed by atoms with Gasteiger partial charge in [-0.25, -0.2) is 9.18 Å². The molecule has 2 aliphatic rings. The molecule has 6 nitrogen and oxygen atoms in total. The molecule has 0 spiro atoms. The van der Waals surface area contributed by atoms with E-state index in [9.17, 15) is 9.18 Å². The van der Waals surface area contributed by atoms with E-state index in [1.807, 2.05) is 18.2 Å². The molecule has 2 amide bonds. The number of piperazine rings is 1. The van der Waals surface area contributed by atoms with Crippen LogP contribution in [-0.4, -0.2) is 43.9 Å². The summed E-state index contributed by atoms with van der Waals surface area (Å²) >= 11 is 0. The van der Waals surface area contributed by atoms with Crippen LogP contribution in [0.15, 0.2) is 42.5 Å². The summed E-state index contributed by atoms with van der Waals surface area (Å²) in [5.41, 5.74) is 1.65. The van der Waals surface area contributed by atoms with Gasteiger partial charge in [-0.2, -0.15) is 0 Å². The minimum absolute atomic E-state index is 0.169. The third-order valence-corrected chi connectivity index (χ3v) is 4.38. The van der Waals surface area contributed by atoms with Gasteiger partial charge in [0.1, 0.15) is 5.82 Å². The maximum absolute atomic E-state index is 12.9. The van der Waals surface area contributed by atoms with Gasteiger partial charge >= 0.3 is 6.03 Å². The zero-order valence-corrected chi connectivity index (χ0v) is 13.6. The Morgan fingerprint density at radius 3 is 2.44 bits per heavy atom. The van der Waals surface area contributed by atoms with Crippen LogP contribution in [0.4, 0.5) is 20.6 Å². The van der Waals surface area contributed by atoms with E-state index in [2.05, 4.69) is 10.2 Å². The van der Waals surface area contributed by atoms with Crippen molar-refractivity contribution in [3.05, 3.63) is 48.3 Å². The first-order valence-electron chi connectivity index (χ1n) is 8.15. The number of amides is 2. The number of nitrogens with one attached hydrogen (secondary N) is 1. The lowest BCUT2D eigenvalue weighted by molar-refractivity contribution is 0.174. The molecule has 0 aliphatic carbocycles. The number of nitrogens with zero attached hydrogens (tertiary/aromatic N) is 2. The van der Waals surface area contributed by atoms with Gasteiger partial charge in [0.05, 0.1) is 0 Å². The zero-order chi connectivity index (χ0) is 17.2.